The summed E-state index contributed by atoms with van der Waals surface area (Å²) in [6.45, 7) is 3.85. The lowest BCUT2D eigenvalue weighted by Crippen LogP contribution is -2.46. The highest BCUT2D eigenvalue weighted by molar-refractivity contribution is 5.92. The highest BCUT2D eigenvalue weighted by Gasteiger charge is 2.19. The van der Waals surface area contributed by atoms with Crippen molar-refractivity contribution in [2.75, 3.05) is 43.1 Å². The van der Waals surface area contributed by atoms with E-state index < -0.39 is 0 Å². The average molecular weight is 371 g/mol. The molecular formula is C22H21N5O. The van der Waals surface area contributed by atoms with Crippen molar-refractivity contribution >= 4 is 33.2 Å². The Morgan fingerprint density at radius 3 is 2.54 bits per heavy atom. The van der Waals surface area contributed by atoms with Crippen molar-refractivity contribution in [2.45, 2.75) is 0 Å². The number of rotatable bonds is 3. The third-order valence-electron chi connectivity index (χ3n) is 5.40. The molecule has 0 radical (unpaired) electrons. The smallest absolute Gasteiger partial charge is 0.119 e. The summed E-state index contributed by atoms with van der Waals surface area (Å²) in [4.78, 5) is 17.8. The average Bonchev–Trinajstić information content (AvgIpc) is 2.78. The van der Waals surface area contributed by atoms with Gasteiger partial charge in [-0.15, -0.1) is 0 Å². The lowest BCUT2D eigenvalue weighted by molar-refractivity contribution is 0.415. The van der Waals surface area contributed by atoms with Crippen molar-refractivity contribution in [3.63, 3.8) is 0 Å². The van der Waals surface area contributed by atoms with Gasteiger partial charge in [0.05, 0.1) is 18.1 Å². The van der Waals surface area contributed by atoms with E-state index in [1.54, 1.807) is 13.4 Å². The van der Waals surface area contributed by atoms with E-state index in [1.807, 2.05) is 24.5 Å². The van der Waals surface area contributed by atoms with Crippen LogP contribution in [0.25, 0.3) is 21.8 Å². The Balaban J connectivity index is 1.39. The third kappa shape index (κ3) is 2.97. The van der Waals surface area contributed by atoms with Crippen molar-refractivity contribution in [2.24, 2.45) is 0 Å². The molecule has 1 aliphatic rings. The molecule has 0 spiro atoms. The SMILES string of the molecule is COc1ccc2nccc(N3CCN(c4ccc5ncncc5c4)CC3)c2c1. The van der Waals surface area contributed by atoms with Crippen LogP contribution < -0.4 is 14.5 Å². The minimum atomic E-state index is 0.860. The molecule has 3 heterocycles. The Hall–Kier alpha value is -3.41. The number of pyridine rings is 1. The van der Waals surface area contributed by atoms with Crippen LogP contribution in [0.3, 0.4) is 0 Å². The van der Waals surface area contributed by atoms with Crippen molar-refractivity contribution in [3.05, 3.63) is 61.2 Å². The molecule has 0 unspecified atom stereocenters. The van der Waals surface area contributed by atoms with Crippen LogP contribution in [0.4, 0.5) is 11.4 Å². The number of benzene rings is 2. The fourth-order valence-electron chi connectivity index (χ4n) is 3.89. The number of aromatic nitrogens is 3. The number of methoxy groups -OCH3 is 1. The molecule has 1 fully saturated rings. The summed E-state index contributed by atoms with van der Waals surface area (Å²) < 4.78 is 5.41. The van der Waals surface area contributed by atoms with Gasteiger partial charge < -0.3 is 14.5 Å². The molecule has 140 valence electrons. The Morgan fingerprint density at radius 1 is 0.857 bits per heavy atom. The second kappa shape index (κ2) is 6.96. The second-order valence-electron chi connectivity index (χ2n) is 6.95. The van der Waals surface area contributed by atoms with Gasteiger partial charge in [-0.3, -0.25) is 4.98 Å². The number of fused-ring (bicyclic) bond motifs is 2. The molecule has 0 saturated carbocycles. The molecule has 0 aliphatic carbocycles. The highest BCUT2D eigenvalue weighted by atomic mass is 16.5. The summed E-state index contributed by atoms with van der Waals surface area (Å²) in [7, 11) is 1.70. The molecular weight excluding hydrogens is 350 g/mol. The van der Waals surface area contributed by atoms with Crippen LogP contribution in [-0.2, 0) is 0 Å². The molecule has 5 rings (SSSR count). The molecule has 28 heavy (non-hydrogen) atoms. The van der Waals surface area contributed by atoms with Gasteiger partial charge in [-0.1, -0.05) is 0 Å². The molecule has 0 bridgehead atoms. The Morgan fingerprint density at radius 2 is 1.68 bits per heavy atom. The molecule has 6 heteroatoms. The minimum absolute atomic E-state index is 0.860. The molecule has 0 amide bonds. The summed E-state index contributed by atoms with van der Waals surface area (Å²) in [6.07, 6.45) is 5.35. The normalized spacial score (nSPS) is 14.6. The zero-order valence-corrected chi connectivity index (χ0v) is 15.7. The molecule has 2 aromatic carbocycles. The van der Waals surface area contributed by atoms with Gasteiger partial charge in [0, 0.05) is 60.7 Å². The number of hydrogen-bond donors (Lipinski definition) is 0. The Kier molecular flexibility index (Phi) is 4.16. The summed E-state index contributed by atoms with van der Waals surface area (Å²) >= 11 is 0. The number of anilines is 2. The maximum Gasteiger partial charge on any atom is 0.119 e. The monoisotopic (exact) mass is 371 g/mol. The zero-order valence-electron chi connectivity index (χ0n) is 15.7. The van der Waals surface area contributed by atoms with E-state index in [0.29, 0.717) is 0 Å². The van der Waals surface area contributed by atoms with Gasteiger partial charge in [-0.25, -0.2) is 9.97 Å². The topological polar surface area (TPSA) is 54.4 Å². The molecule has 0 atom stereocenters. The standard InChI is InChI=1S/C22H21N5O/c1-28-18-3-5-21-19(13-18)22(6-7-24-21)27-10-8-26(9-11-27)17-2-4-20-16(12-17)14-23-15-25-20/h2-7,12-15H,8-11H2,1H3. The lowest BCUT2D eigenvalue weighted by atomic mass is 10.1. The van der Waals surface area contributed by atoms with Crippen LogP contribution >= 0.6 is 0 Å². The molecule has 1 saturated heterocycles. The first-order chi connectivity index (χ1) is 13.8. The van der Waals surface area contributed by atoms with Crippen LogP contribution in [0.2, 0.25) is 0 Å². The molecule has 0 N–H and O–H groups in total. The maximum absolute atomic E-state index is 5.41. The van der Waals surface area contributed by atoms with E-state index >= 15 is 0 Å². The summed E-state index contributed by atoms with van der Waals surface area (Å²) in [6, 6.07) is 14.6. The molecule has 2 aromatic heterocycles. The molecule has 1 aliphatic heterocycles. The third-order valence-corrected chi connectivity index (χ3v) is 5.40. The van der Waals surface area contributed by atoms with Crippen LogP contribution in [0.15, 0.2) is 61.2 Å². The van der Waals surface area contributed by atoms with Gasteiger partial charge >= 0.3 is 0 Å². The Labute approximate surface area is 163 Å². The van der Waals surface area contributed by atoms with Gasteiger partial charge in [0.25, 0.3) is 0 Å². The quantitative estimate of drug-likeness (QED) is 0.549. The van der Waals surface area contributed by atoms with Crippen LogP contribution in [-0.4, -0.2) is 48.2 Å². The summed E-state index contributed by atoms with van der Waals surface area (Å²) in [5.41, 5.74) is 4.42. The van der Waals surface area contributed by atoms with Crippen molar-refractivity contribution in [3.8, 4) is 5.75 Å². The van der Waals surface area contributed by atoms with Crippen molar-refractivity contribution in [1.82, 2.24) is 15.0 Å². The van der Waals surface area contributed by atoms with Gasteiger partial charge in [-0.05, 0) is 42.5 Å². The van der Waals surface area contributed by atoms with E-state index in [4.69, 9.17) is 4.74 Å². The maximum atomic E-state index is 5.41. The number of ether oxygens (including phenoxy) is 1. The van der Waals surface area contributed by atoms with Crippen molar-refractivity contribution < 1.29 is 4.74 Å². The largest absolute Gasteiger partial charge is 0.497 e. The van der Waals surface area contributed by atoms with E-state index in [-0.39, 0.29) is 0 Å². The predicted octanol–water partition coefficient (Wildman–Crippen LogP) is 3.51. The zero-order chi connectivity index (χ0) is 18.9. The lowest BCUT2D eigenvalue weighted by Gasteiger charge is -2.37. The molecule has 4 aromatic rings. The second-order valence-corrected chi connectivity index (χ2v) is 6.95. The van der Waals surface area contributed by atoms with Crippen molar-refractivity contribution in [1.29, 1.82) is 0 Å². The van der Waals surface area contributed by atoms with E-state index in [9.17, 15) is 0 Å². The minimum Gasteiger partial charge on any atom is -0.497 e. The van der Waals surface area contributed by atoms with E-state index in [2.05, 4.69) is 55.1 Å². The number of piperazine rings is 1. The van der Waals surface area contributed by atoms with E-state index in [0.717, 1.165) is 53.7 Å². The number of hydrogen-bond acceptors (Lipinski definition) is 6. The summed E-state index contributed by atoms with van der Waals surface area (Å²) in [5.74, 6) is 0.860. The van der Waals surface area contributed by atoms with Crippen LogP contribution in [0.5, 0.6) is 5.75 Å². The van der Waals surface area contributed by atoms with E-state index in [1.165, 1.54) is 11.4 Å². The van der Waals surface area contributed by atoms with Gasteiger partial charge in [0.2, 0.25) is 0 Å². The first kappa shape index (κ1) is 16.7. The van der Waals surface area contributed by atoms with Crippen LogP contribution in [0, 0.1) is 0 Å². The fourth-order valence-corrected chi connectivity index (χ4v) is 3.89. The Bertz CT molecular complexity index is 1140. The first-order valence-corrected chi connectivity index (χ1v) is 9.44. The van der Waals surface area contributed by atoms with Gasteiger partial charge in [0.1, 0.15) is 12.1 Å². The predicted molar refractivity (Wildman–Crippen MR) is 112 cm³/mol. The van der Waals surface area contributed by atoms with Gasteiger partial charge in [-0.2, -0.15) is 0 Å². The van der Waals surface area contributed by atoms with Gasteiger partial charge in [0.15, 0.2) is 0 Å². The first-order valence-electron chi connectivity index (χ1n) is 9.44. The molecule has 6 nitrogen and oxygen atoms in total. The van der Waals surface area contributed by atoms with Crippen LogP contribution in [0.1, 0.15) is 0 Å². The number of nitrogens with zero attached hydrogens (tertiary/aromatic N) is 5. The summed E-state index contributed by atoms with van der Waals surface area (Å²) in [5, 5.41) is 2.22. The fraction of sp³-hybridized carbons (Fsp3) is 0.227. The highest BCUT2D eigenvalue weighted by Crippen LogP contribution is 2.30.